The van der Waals surface area contributed by atoms with Gasteiger partial charge in [-0.25, -0.2) is 9.97 Å². The van der Waals surface area contributed by atoms with Gasteiger partial charge in [0.2, 0.25) is 0 Å². The van der Waals surface area contributed by atoms with E-state index >= 15 is 0 Å². The molecule has 1 aromatic carbocycles. The van der Waals surface area contributed by atoms with Gasteiger partial charge in [-0.2, -0.15) is 0 Å². The SMILES string of the molecule is COC(=O)C1CCN(c2ncnc(Nc3ccc(C(C)C)cc3)c2N)CC1. The first kappa shape index (κ1) is 18.9. The fourth-order valence-corrected chi connectivity index (χ4v) is 3.32. The summed E-state index contributed by atoms with van der Waals surface area (Å²) in [5, 5.41) is 3.28. The van der Waals surface area contributed by atoms with Gasteiger partial charge in [0, 0.05) is 18.8 Å². The molecule has 1 aliphatic rings. The monoisotopic (exact) mass is 369 g/mol. The van der Waals surface area contributed by atoms with Crippen LogP contribution in [0, 0.1) is 5.92 Å². The first-order valence-corrected chi connectivity index (χ1v) is 9.29. The number of ether oxygens (including phenoxy) is 1. The maximum Gasteiger partial charge on any atom is 0.308 e. The third-order valence-electron chi connectivity index (χ3n) is 5.03. The van der Waals surface area contributed by atoms with Gasteiger partial charge in [-0.3, -0.25) is 4.79 Å². The number of methoxy groups -OCH3 is 1. The lowest BCUT2D eigenvalue weighted by atomic mass is 9.97. The molecule has 7 heteroatoms. The Bertz CT molecular complexity index is 783. The molecule has 3 N–H and O–H groups in total. The van der Waals surface area contributed by atoms with Crippen LogP contribution in [0.25, 0.3) is 0 Å². The minimum Gasteiger partial charge on any atom is -0.469 e. The number of rotatable bonds is 5. The van der Waals surface area contributed by atoms with Crippen LogP contribution in [-0.4, -0.2) is 36.1 Å². The molecule has 1 fully saturated rings. The standard InChI is InChI=1S/C20H27N5O2/c1-13(2)14-4-6-16(7-5-14)24-18-17(21)19(23-12-22-18)25-10-8-15(9-11-25)20(26)27-3/h4-7,12-13,15H,8-11,21H2,1-3H3,(H,22,23,24). The maximum absolute atomic E-state index is 11.7. The molecule has 0 radical (unpaired) electrons. The van der Waals surface area contributed by atoms with Gasteiger partial charge in [-0.15, -0.1) is 0 Å². The number of piperidine rings is 1. The summed E-state index contributed by atoms with van der Waals surface area (Å²) in [4.78, 5) is 22.5. The second kappa shape index (κ2) is 8.24. The van der Waals surface area contributed by atoms with Crippen molar-refractivity contribution < 1.29 is 9.53 Å². The molecule has 1 aliphatic heterocycles. The number of carbonyl (C=O) groups is 1. The van der Waals surface area contributed by atoms with E-state index in [1.807, 2.05) is 12.1 Å². The predicted octanol–water partition coefficient (Wildman–Crippen LogP) is 3.32. The molecule has 0 atom stereocenters. The largest absolute Gasteiger partial charge is 0.469 e. The Labute approximate surface area is 159 Å². The Morgan fingerprint density at radius 1 is 1.22 bits per heavy atom. The highest BCUT2D eigenvalue weighted by atomic mass is 16.5. The van der Waals surface area contributed by atoms with Crippen molar-refractivity contribution >= 4 is 29.0 Å². The molecule has 2 heterocycles. The van der Waals surface area contributed by atoms with Gasteiger partial charge in [0.15, 0.2) is 11.6 Å². The van der Waals surface area contributed by atoms with Crippen molar-refractivity contribution in [2.75, 3.05) is 36.1 Å². The van der Waals surface area contributed by atoms with Crippen LogP contribution in [-0.2, 0) is 9.53 Å². The fourth-order valence-electron chi connectivity index (χ4n) is 3.32. The molecule has 1 aromatic heterocycles. The van der Waals surface area contributed by atoms with Crippen LogP contribution >= 0.6 is 0 Å². The Kier molecular flexibility index (Phi) is 5.78. The molecular formula is C20H27N5O2. The smallest absolute Gasteiger partial charge is 0.308 e. The molecule has 0 spiro atoms. The zero-order chi connectivity index (χ0) is 19.4. The minimum atomic E-state index is -0.141. The highest BCUT2D eigenvalue weighted by Crippen LogP contribution is 2.31. The fraction of sp³-hybridized carbons (Fsp3) is 0.450. The number of hydrogen-bond donors (Lipinski definition) is 2. The van der Waals surface area contributed by atoms with Crippen LogP contribution in [0.5, 0.6) is 0 Å². The Morgan fingerprint density at radius 3 is 2.48 bits per heavy atom. The third kappa shape index (κ3) is 4.30. The molecule has 2 aromatic rings. The Morgan fingerprint density at radius 2 is 1.89 bits per heavy atom. The topological polar surface area (TPSA) is 93.4 Å². The van der Waals surface area contributed by atoms with Gasteiger partial charge in [0.05, 0.1) is 13.0 Å². The zero-order valence-corrected chi connectivity index (χ0v) is 16.1. The molecular weight excluding hydrogens is 342 g/mol. The van der Waals surface area contributed by atoms with E-state index in [9.17, 15) is 4.79 Å². The third-order valence-corrected chi connectivity index (χ3v) is 5.03. The summed E-state index contributed by atoms with van der Waals surface area (Å²) in [6.45, 7) is 5.76. The van der Waals surface area contributed by atoms with Gasteiger partial charge >= 0.3 is 5.97 Å². The average molecular weight is 369 g/mol. The Balaban J connectivity index is 1.72. The number of nitrogens with two attached hydrogens (primary N) is 1. The van der Waals surface area contributed by atoms with Gasteiger partial charge in [-0.1, -0.05) is 26.0 Å². The summed E-state index contributed by atoms with van der Waals surface area (Å²) >= 11 is 0. The number of nitrogen functional groups attached to an aromatic ring is 1. The summed E-state index contributed by atoms with van der Waals surface area (Å²) < 4.78 is 4.85. The van der Waals surface area contributed by atoms with Gasteiger partial charge in [0.25, 0.3) is 0 Å². The van der Waals surface area contributed by atoms with Crippen LogP contribution in [0.1, 0.15) is 38.2 Å². The molecule has 144 valence electrons. The van der Waals surface area contributed by atoms with Crippen LogP contribution in [0.4, 0.5) is 23.0 Å². The second-order valence-corrected chi connectivity index (χ2v) is 7.15. The lowest BCUT2D eigenvalue weighted by molar-refractivity contribution is -0.146. The summed E-state index contributed by atoms with van der Waals surface area (Å²) in [7, 11) is 1.43. The van der Waals surface area contributed by atoms with E-state index in [2.05, 4.69) is 46.2 Å². The van der Waals surface area contributed by atoms with Gasteiger partial charge < -0.3 is 20.7 Å². The van der Waals surface area contributed by atoms with Gasteiger partial charge in [-0.05, 0) is 36.5 Å². The van der Waals surface area contributed by atoms with E-state index in [4.69, 9.17) is 10.5 Å². The van der Waals surface area contributed by atoms with E-state index in [0.29, 0.717) is 36.3 Å². The first-order chi connectivity index (χ1) is 13.0. The molecule has 0 saturated carbocycles. The molecule has 0 bridgehead atoms. The number of nitrogens with one attached hydrogen (secondary N) is 1. The average Bonchev–Trinajstić information content (AvgIpc) is 2.69. The van der Waals surface area contributed by atoms with Crippen molar-refractivity contribution in [2.24, 2.45) is 5.92 Å². The highest BCUT2D eigenvalue weighted by molar-refractivity contribution is 5.79. The number of anilines is 4. The van der Waals surface area contributed by atoms with E-state index in [0.717, 1.165) is 18.5 Å². The maximum atomic E-state index is 11.7. The van der Waals surface area contributed by atoms with Crippen molar-refractivity contribution in [1.29, 1.82) is 0 Å². The summed E-state index contributed by atoms with van der Waals surface area (Å²) in [6.07, 6.45) is 2.98. The van der Waals surface area contributed by atoms with E-state index in [-0.39, 0.29) is 11.9 Å². The molecule has 0 amide bonds. The van der Waals surface area contributed by atoms with Gasteiger partial charge in [0.1, 0.15) is 12.0 Å². The van der Waals surface area contributed by atoms with Crippen LogP contribution in [0.15, 0.2) is 30.6 Å². The van der Waals surface area contributed by atoms with Crippen molar-refractivity contribution in [1.82, 2.24) is 9.97 Å². The molecule has 27 heavy (non-hydrogen) atoms. The molecule has 1 saturated heterocycles. The summed E-state index contributed by atoms with van der Waals surface area (Å²) in [5.41, 5.74) is 9.07. The quantitative estimate of drug-likeness (QED) is 0.781. The normalized spacial score (nSPS) is 15.0. The number of esters is 1. The van der Waals surface area contributed by atoms with E-state index < -0.39 is 0 Å². The number of hydrogen-bond acceptors (Lipinski definition) is 7. The molecule has 0 aliphatic carbocycles. The number of benzene rings is 1. The van der Waals surface area contributed by atoms with E-state index in [1.165, 1.54) is 19.0 Å². The number of nitrogens with zero attached hydrogens (tertiary/aromatic N) is 3. The molecule has 3 rings (SSSR count). The van der Waals surface area contributed by atoms with Crippen molar-refractivity contribution in [2.45, 2.75) is 32.6 Å². The molecule has 0 unspecified atom stereocenters. The first-order valence-electron chi connectivity index (χ1n) is 9.29. The van der Waals surface area contributed by atoms with E-state index in [1.54, 1.807) is 0 Å². The molecule has 7 nitrogen and oxygen atoms in total. The lowest BCUT2D eigenvalue weighted by Gasteiger charge is -2.32. The van der Waals surface area contributed by atoms with Crippen LogP contribution < -0.4 is 16.0 Å². The highest BCUT2D eigenvalue weighted by Gasteiger charge is 2.27. The predicted molar refractivity (Wildman–Crippen MR) is 107 cm³/mol. The Hall–Kier alpha value is -2.83. The number of carbonyl (C=O) groups excluding carboxylic acids is 1. The summed E-state index contributed by atoms with van der Waals surface area (Å²) in [6, 6.07) is 8.25. The van der Waals surface area contributed by atoms with Crippen molar-refractivity contribution in [3.8, 4) is 0 Å². The second-order valence-electron chi connectivity index (χ2n) is 7.15. The lowest BCUT2D eigenvalue weighted by Crippen LogP contribution is -2.37. The van der Waals surface area contributed by atoms with Crippen LogP contribution in [0.2, 0.25) is 0 Å². The van der Waals surface area contributed by atoms with Crippen LogP contribution in [0.3, 0.4) is 0 Å². The zero-order valence-electron chi connectivity index (χ0n) is 16.1. The minimum absolute atomic E-state index is 0.0496. The summed E-state index contributed by atoms with van der Waals surface area (Å²) in [5.74, 6) is 1.59. The van der Waals surface area contributed by atoms with Crippen molar-refractivity contribution in [3.05, 3.63) is 36.2 Å². The number of aromatic nitrogens is 2. The van der Waals surface area contributed by atoms with Crippen molar-refractivity contribution in [3.63, 3.8) is 0 Å².